The molecule has 53 atom stereocenters. The molecule has 10 rings (SSSR count). The van der Waals surface area contributed by atoms with Crippen LogP contribution in [0.3, 0.4) is 0 Å². The number of aliphatic hydroxyl groups is 33. The summed E-state index contributed by atoms with van der Waals surface area (Å²) in [7, 11) is 0. The van der Waals surface area contributed by atoms with Crippen LogP contribution >= 0.6 is 0 Å². The van der Waals surface area contributed by atoms with Gasteiger partial charge < -0.3 is 280 Å². The molecule has 58 nitrogen and oxygen atoms in total. The van der Waals surface area contributed by atoms with E-state index in [1.54, 1.807) is 0 Å². The Morgan fingerprint density at radius 1 is 0.320 bits per heavy atom. The summed E-state index contributed by atoms with van der Waals surface area (Å²) in [5.41, 5.74) is 11.8. The Balaban J connectivity index is 1.01. The number of ether oxygens (including phenoxy) is 19. The first kappa shape index (κ1) is 104. The normalized spacial score (nSPS) is 50.3. The zero-order valence-electron chi connectivity index (χ0n) is 65.3. The van der Waals surface area contributed by atoms with Crippen molar-refractivity contribution in [2.75, 3.05) is 66.1 Å². The number of carbonyl (C=O) groups is 2. The molecule has 39 N–H and O–H groups in total. The highest BCUT2D eigenvalue weighted by molar-refractivity contribution is 5.77. The van der Waals surface area contributed by atoms with E-state index in [1.807, 2.05) is 0 Å². The highest BCUT2D eigenvalue weighted by atomic mass is 16.8. The second-order valence-electron chi connectivity index (χ2n) is 31.7. The molecule has 10 aliphatic heterocycles. The Morgan fingerprint density at radius 2 is 0.680 bits per heavy atom. The van der Waals surface area contributed by atoms with Crippen LogP contribution in [0.4, 0.5) is 0 Å². The molecule has 10 heterocycles. The van der Waals surface area contributed by atoms with E-state index in [-0.39, 0.29) is 0 Å². The topological polar surface area (TPSA) is 970 Å². The van der Waals surface area contributed by atoms with Gasteiger partial charge in [0.1, 0.15) is 238 Å². The van der Waals surface area contributed by atoms with Crippen LogP contribution in [0.25, 0.3) is 0 Å². The van der Waals surface area contributed by atoms with E-state index < -0.39 is 415 Å². The first-order valence-corrected chi connectivity index (χ1v) is 39.2. The van der Waals surface area contributed by atoms with Crippen molar-refractivity contribution in [3.8, 4) is 0 Å². The molecule has 10 fully saturated rings. The van der Waals surface area contributed by atoms with Gasteiger partial charge in [0.05, 0.1) is 90.4 Å². The van der Waals surface area contributed by atoms with Crippen molar-refractivity contribution in [2.24, 2.45) is 11.5 Å². The van der Waals surface area contributed by atoms with Crippen molar-refractivity contribution in [1.82, 2.24) is 0 Å². The van der Waals surface area contributed by atoms with Crippen LogP contribution in [0.5, 0.6) is 0 Å². The minimum absolute atomic E-state index is 0.845. The first-order chi connectivity index (χ1) is 58.8. The second kappa shape index (κ2) is 43.9. The van der Waals surface area contributed by atoms with Crippen LogP contribution in [-0.4, -0.2) is 581 Å². The van der Waals surface area contributed by atoms with Crippen LogP contribution in [0.15, 0.2) is 0 Å². The molecule has 0 aliphatic carbocycles. The van der Waals surface area contributed by atoms with Gasteiger partial charge in [-0.1, -0.05) is 0 Å². The molecule has 0 unspecified atom stereocenters. The summed E-state index contributed by atoms with van der Waals surface area (Å²) < 4.78 is 109. The lowest BCUT2D eigenvalue weighted by Crippen LogP contribution is -2.71. The van der Waals surface area contributed by atoms with Gasteiger partial charge in [-0.05, 0) is 0 Å². The summed E-state index contributed by atoms with van der Waals surface area (Å²) in [6.45, 7) is -12.5. The fourth-order valence-corrected chi connectivity index (χ4v) is 15.8. The molecule has 0 radical (unpaired) electrons. The van der Waals surface area contributed by atoms with E-state index in [0.29, 0.717) is 0 Å². The maximum absolute atomic E-state index is 14.0. The van der Waals surface area contributed by atoms with Gasteiger partial charge in [-0.2, -0.15) is 0 Å². The van der Waals surface area contributed by atoms with Crippen LogP contribution in [0, 0.1) is 0 Å². The van der Waals surface area contributed by atoms with Gasteiger partial charge in [-0.25, -0.2) is 9.59 Å². The number of aliphatic hydroxyl groups excluding tert-OH is 33. The summed E-state index contributed by atoms with van der Waals surface area (Å²) in [5.74, 6) is -11.9. The van der Waals surface area contributed by atoms with Crippen LogP contribution < -0.4 is 11.5 Å². The maximum Gasteiger partial charge on any atom is 0.364 e. The van der Waals surface area contributed by atoms with Crippen LogP contribution in [0.1, 0.15) is 12.8 Å². The third-order valence-corrected chi connectivity index (χ3v) is 23.2. The predicted octanol–water partition coefficient (Wildman–Crippen LogP) is -25.1. The molecular formula is C67H114N2O56. The van der Waals surface area contributed by atoms with E-state index in [9.17, 15) is 188 Å². The molecule has 10 aliphatic rings. The molecule has 728 valence electrons. The Bertz CT molecular complexity index is 3330. The Morgan fingerprint density at radius 3 is 1.18 bits per heavy atom. The Labute approximate surface area is 703 Å². The standard InChI is InChI=1S/C67H114N2O56/c68-25-33(88)30(85)22(111-56(25)102)10-108-57-26(69)34(89)31(86)24(114-57)12-110-66(64(103)104)2-19(123-67(65(105)106)1-13(76)27(82)50(124-67)16(79)5-72)52(51(125-66)17(80)6-73)119-62-45(100)54(42(97)48(117-62)15(78)4-71)122-63-46(101)55(43(98)49(118-63)18(81)9-107-59-40(95)37(92)38(93)47(116-59)14(77)3-70)121-61-44(99)53(120-60-41(96)36(91)29(84)21(8-75)113-60)32(87)23(115-61)11-109-58-39(94)35(90)28(83)20(7-74)112-58/h13-63,70-102H,1-12,68-69H2,(H,103,104)(H,105,106)/t13-,14+,15+,16-,17-,18+,19-,20-,21-,22-,23-,24-,25-,26-,27-,28-,29-,30-,31-,32-,33-,34-,35+,36+,37+,38+,39-,40+,41-,42-,43-,44-,45+,46+,47-,48-,49-,50-,51-,52-,53+,54+,55+,56+,57-,58+,59+,60-,61-,62-,63-,66-,67-/m1/s1. The minimum Gasteiger partial charge on any atom is -0.477 e. The van der Waals surface area contributed by atoms with Gasteiger partial charge in [-0.3, -0.25) is 0 Å². The quantitative estimate of drug-likeness (QED) is 0.0280. The van der Waals surface area contributed by atoms with Gasteiger partial charge in [0.25, 0.3) is 11.6 Å². The molecule has 0 amide bonds. The zero-order chi connectivity index (χ0) is 92.5. The fourth-order valence-electron chi connectivity index (χ4n) is 15.8. The van der Waals surface area contributed by atoms with Gasteiger partial charge in [0.2, 0.25) is 0 Å². The van der Waals surface area contributed by atoms with Crippen molar-refractivity contribution < 1.29 is 278 Å². The highest BCUT2D eigenvalue weighted by Gasteiger charge is 2.66. The number of carboxylic acids is 2. The largest absolute Gasteiger partial charge is 0.477 e. The number of carboxylic acid groups (broad SMARTS) is 2. The van der Waals surface area contributed by atoms with Crippen molar-refractivity contribution >= 4 is 11.9 Å². The predicted molar refractivity (Wildman–Crippen MR) is 374 cm³/mol. The second-order valence-corrected chi connectivity index (χ2v) is 31.7. The highest BCUT2D eigenvalue weighted by Crippen LogP contribution is 2.45. The van der Waals surface area contributed by atoms with Gasteiger partial charge in [0, 0.05) is 12.8 Å². The number of hydrogen-bond donors (Lipinski definition) is 37. The molecule has 0 spiro atoms. The first-order valence-electron chi connectivity index (χ1n) is 39.2. The van der Waals surface area contributed by atoms with E-state index in [2.05, 4.69) is 0 Å². The SMILES string of the molecule is N[C@@H]1[C@@H](O)[C@H](O)[C@@H](CO[C@@H]2O[C@H](CO[C@]3(C(=O)O)C[C@@H](O[C@]4(C(=O)O)C[C@@H](O)[C@@H](O)[C@@H]([C@H](O)CO)O4)[C@@H](O[C@H]4O[C@H]([C@@H](O)CO)[C@@H](O)[C@H](O[C@H]5O[C@H]([C@@H](O)CO[C@H]6O[C@H]([C@@H](O)CO)[C@@H](O)[C@H](O)[C@@H]6O)[C@@H](O)[C@H](O[C@H]6O[C@H](CO[C@H]7O[C@H](CO)[C@@H](O)[C@H](O)[C@H]7O)[C@@H](O)[C@H](O[C@H]7O[C@H](CO)[C@@H](O)[C@H](O)[C@H]7O)[C@H]6O)[C@@H]5O)[C@@H]4O)[C@@H]([C@H](O)CO)O3)[C@@H](O)[C@H](O)[C@H]2N)O[C@@H]1O. The molecule has 0 aromatic heterocycles. The van der Waals surface area contributed by atoms with E-state index >= 15 is 0 Å². The summed E-state index contributed by atoms with van der Waals surface area (Å²) in [4.78, 5) is 27.8. The number of aliphatic carboxylic acids is 2. The van der Waals surface area contributed by atoms with Crippen molar-refractivity contribution in [1.29, 1.82) is 0 Å². The lowest BCUT2D eigenvalue weighted by Gasteiger charge is -2.52. The number of hydrogen-bond acceptors (Lipinski definition) is 56. The lowest BCUT2D eigenvalue weighted by atomic mass is 9.89. The van der Waals surface area contributed by atoms with Gasteiger partial charge >= 0.3 is 11.9 Å². The molecule has 0 aromatic rings. The number of rotatable bonds is 35. The maximum atomic E-state index is 14.0. The summed E-state index contributed by atoms with van der Waals surface area (Å²) in [6, 6.07) is -3.29. The molecule has 125 heavy (non-hydrogen) atoms. The average molecular weight is 1840 g/mol. The zero-order valence-corrected chi connectivity index (χ0v) is 65.3. The minimum atomic E-state index is -3.60. The lowest BCUT2D eigenvalue weighted by molar-refractivity contribution is -0.411. The molecular weight excluding hydrogens is 1730 g/mol. The summed E-state index contributed by atoms with van der Waals surface area (Å²) in [6.07, 6.45) is -117. The molecule has 0 saturated carbocycles. The monoisotopic (exact) mass is 1840 g/mol. The van der Waals surface area contributed by atoms with Crippen LogP contribution in [-0.2, 0) is 99.6 Å². The third kappa shape index (κ3) is 21.9. The van der Waals surface area contributed by atoms with Gasteiger partial charge in [0.15, 0.2) is 50.3 Å². The third-order valence-electron chi connectivity index (χ3n) is 23.2. The Kier molecular flexibility index (Phi) is 36.4. The van der Waals surface area contributed by atoms with E-state index in [1.165, 1.54) is 0 Å². The molecule has 0 bridgehead atoms. The summed E-state index contributed by atoms with van der Waals surface area (Å²) in [5, 5.41) is 387. The van der Waals surface area contributed by atoms with Crippen molar-refractivity contribution in [3.05, 3.63) is 0 Å². The van der Waals surface area contributed by atoms with Crippen molar-refractivity contribution in [2.45, 2.75) is 337 Å². The molecule has 58 heteroatoms. The van der Waals surface area contributed by atoms with Crippen LogP contribution in [0.2, 0.25) is 0 Å². The van der Waals surface area contributed by atoms with E-state index in [4.69, 9.17) is 101 Å². The number of nitrogens with two attached hydrogens (primary N) is 2. The Hall–Kier alpha value is -3.22. The molecule has 10 saturated heterocycles. The average Bonchev–Trinajstić information content (AvgIpc) is 0.738. The smallest absolute Gasteiger partial charge is 0.364 e. The van der Waals surface area contributed by atoms with Crippen molar-refractivity contribution in [3.63, 3.8) is 0 Å². The summed E-state index contributed by atoms with van der Waals surface area (Å²) >= 11 is 0. The van der Waals surface area contributed by atoms with E-state index in [0.717, 1.165) is 0 Å². The fraction of sp³-hybridized carbons (Fsp3) is 0.970. The molecule has 0 aromatic carbocycles. The van der Waals surface area contributed by atoms with Gasteiger partial charge in [-0.15, -0.1) is 0 Å².